The van der Waals surface area contributed by atoms with Crippen molar-refractivity contribution in [2.75, 3.05) is 25.0 Å². The van der Waals surface area contributed by atoms with Crippen LogP contribution < -0.4 is 10.1 Å². The number of urea groups is 1. The van der Waals surface area contributed by atoms with Crippen LogP contribution in [0.2, 0.25) is 0 Å². The van der Waals surface area contributed by atoms with E-state index in [4.69, 9.17) is 9.84 Å². The van der Waals surface area contributed by atoms with Gasteiger partial charge in [-0.25, -0.2) is 9.18 Å². The van der Waals surface area contributed by atoms with Crippen molar-refractivity contribution in [1.82, 2.24) is 4.90 Å². The fraction of sp³-hybridized carbons (Fsp3) is 0.316. The molecule has 3 rings (SSSR count). The van der Waals surface area contributed by atoms with Crippen molar-refractivity contribution in [3.63, 3.8) is 0 Å². The Morgan fingerprint density at radius 3 is 2.84 bits per heavy atom. The lowest BCUT2D eigenvalue weighted by atomic mass is 10.1. The Bertz CT molecular complexity index is 724. The molecule has 1 aliphatic heterocycles. The molecule has 0 bridgehead atoms. The third kappa shape index (κ3) is 4.48. The second-order valence-electron chi connectivity index (χ2n) is 6.10. The highest BCUT2D eigenvalue weighted by Gasteiger charge is 2.26. The molecule has 1 unspecified atom stereocenters. The summed E-state index contributed by atoms with van der Waals surface area (Å²) in [5.74, 6) is 0.847. The van der Waals surface area contributed by atoms with Crippen LogP contribution in [0.25, 0.3) is 0 Å². The van der Waals surface area contributed by atoms with Gasteiger partial charge in [-0.3, -0.25) is 0 Å². The maximum absolute atomic E-state index is 13.6. The fourth-order valence-electron chi connectivity index (χ4n) is 2.93. The van der Waals surface area contributed by atoms with E-state index >= 15 is 0 Å². The van der Waals surface area contributed by atoms with Crippen molar-refractivity contribution >= 4 is 11.7 Å². The molecule has 2 aromatic carbocycles. The SMILES string of the molecule is O=C(Nc1cc(F)ccc1Oc1ccccc1)N1CCC(CCO)C1. The number of ether oxygens (including phenoxy) is 1. The molecule has 0 aromatic heterocycles. The van der Waals surface area contributed by atoms with Crippen LogP contribution in [0, 0.1) is 11.7 Å². The average Bonchev–Trinajstić information content (AvgIpc) is 3.07. The van der Waals surface area contributed by atoms with Crippen LogP contribution in [0.5, 0.6) is 11.5 Å². The Balaban J connectivity index is 1.71. The van der Waals surface area contributed by atoms with Gasteiger partial charge in [0.15, 0.2) is 5.75 Å². The second kappa shape index (κ2) is 7.98. The molecule has 132 valence electrons. The van der Waals surface area contributed by atoms with Crippen LogP contribution >= 0.6 is 0 Å². The molecule has 1 atom stereocenters. The largest absolute Gasteiger partial charge is 0.455 e. The van der Waals surface area contributed by atoms with Crippen LogP contribution in [0.3, 0.4) is 0 Å². The predicted molar refractivity (Wildman–Crippen MR) is 93.3 cm³/mol. The number of halogens is 1. The van der Waals surface area contributed by atoms with Gasteiger partial charge in [0.1, 0.15) is 11.6 Å². The van der Waals surface area contributed by atoms with Crippen molar-refractivity contribution in [3.8, 4) is 11.5 Å². The first kappa shape index (κ1) is 17.2. The third-order valence-corrected chi connectivity index (χ3v) is 4.26. The lowest BCUT2D eigenvalue weighted by Gasteiger charge is -2.19. The van der Waals surface area contributed by atoms with Gasteiger partial charge in [0.2, 0.25) is 0 Å². The highest BCUT2D eigenvalue weighted by atomic mass is 19.1. The van der Waals surface area contributed by atoms with Gasteiger partial charge in [-0.15, -0.1) is 0 Å². The molecule has 0 spiro atoms. The molecular weight excluding hydrogens is 323 g/mol. The maximum atomic E-state index is 13.6. The number of likely N-dealkylation sites (tertiary alicyclic amines) is 1. The van der Waals surface area contributed by atoms with Gasteiger partial charge < -0.3 is 20.1 Å². The van der Waals surface area contributed by atoms with Crippen LogP contribution in [0.4, 0.5) is 14.9 Å². The van der Waals surface area contributed by atoms with Gasteiger partial charge in [-0.2, -0.15) is 0 Å². The first-order valence-electron chi connectivity index (χ1n) is 8.35. The topological polar surface area (TPSA) is 61.8 Å². The van der Waals surface area contributed by atoms with E-state index < -0.39 is 5.82 Å². The van der Waals surface area contributed by atoms with E-state index in [1.165, 1.54) is 18.2 Å². The van der Waals surface area contributed by atoms with Crippen LogP contribution in [-0.2, 0) is 0 Å². The summed E-state index contributed by atoms with van der Waals surface area (Å²) in [5.41, 5.74) is 0.291. The molecule has 1 fully saturated rings. The summed E-state index contributed by atoms with van der Waals surface area (Å²) in [7, 11) is 0. The highest BCUT2D eigenvalue weighted by molar-refractivity contribution is 5.91. The molecule has 6 heteroatoms. The molecular formula is C19H21FN2O3. The summed E-state index contributed by atoms with van der Waals surface area (Å²) in [6.45, 7) is 1.34. The zero-order chi connectivity index (χ0) is 17.6. The van der Waals surface area contributed by atoms with E-state index in [1.807, 2.05) is 18.2 Å². The number of benzene rings is 2. The molecule has 0 aliphatic carbocycles. The van der Waals surface area contributed by atoms with E-state index in [1.54, 1.807) is 17.0 Å². The number of aliphatic hydroxyl groups excluding tert-OH is 1. The summed E-state index contributed by atoms with van der Waals surface area (Å²) in [5, 5.41) is 11.8. The number of hydrogen-bond donors (Lipinski definition) is 2. The summed E-state index contributed by atoms with van der Waals surface area (Å²) in [6, 6.07) is 12.9. The monoisotopic (exact) mass is 344 g/mol. The number of carbonyl (C=O) groups excluding carboxylic acids is 1. The Kier molecular flexibility index (Phi) is 5.50. The number of para-hydroxylation sites is 1. The molecule has 5 nitrogen and oxygen atoms in total. The molecule has 0 radical (unpaired) electrons. The van der Waals surface area contributed by atoms with Gasteiger partial charge in [-0.1, -0.05) is 18.2 Å². The van der Waals surface area contributed by atoms with Crippen LogP contribution in [0.15, 0.2) is 48.5 Å². The van der Waals surface area contributed by atoms with E-state index in [0.29, 0.717) is 42.6 Å². The third-order valence-electron chi connectivity index (χ3n) is 4.26. The highest BCUT2D eigenvalue weighted by Crippen LogP contribution is 2.31. The predicted octanol–water partition coefficient (Wildman–Crippen LogP) is 3.85. The van der Waals surface area contributed by atoms with Gasteiger partial charge in [0.05, 0.1) is 5.69 Å². The average molecular weight is 344 g/mol. The van der Waals surface area contributed by atoms with Crippen LogP contribution in [-0.4, -0.2) is 35.7 Å². The molecule has 2 amide bonds. The molecule has 1 heterocycles. The lowest BCUT2D eigenvalue weighted by molar-refractivity contribution is 0.217. The van der Waals surface area contributed by atoms with E-state index in [2.05, 4.69) is 5.32 Å². The number of aliphatic hydroxyl groups is 1. The summed E-state index contributed by atoms with van der Waals surface area (Å²) >= 11 is 0. The van der Waals surface area contributed by atoms with Crippen molar-refractivity contribution in [1.29, 1.82) is 0 Å². The minimum atomic E-state index is -0.449. The van der Waals surface area contributed by atoms with Gasteiger partial charge in [0, 0.05) is 25.8 Å². The number of hydrogen-bond acceptors (Lipinski definition) is 3. The zero-order valence-corrected chi connectivity index (χ0v) is 13.8. The first-order valence-corrected chi connectivity index (χ1v) is 8.35. The van der Waals surface area contributed by atoms with E-state index in [9.17, 15) is 9.18 Å². The number of nitrogens with zero attached hydrogens (tertiary/aromatic N) is 1. The van der Waals surface area contributed by atoms with Crippen molar-refractivity contribution in [2.24, 2.45) is 5.92 Å². The quantitative estimate of drug-likeness (QED) is 0.866. The van der Waals surface area contributed by atoms with Gasteiger partial charge >= 0.3 is 6.03 Å². The molecule has 0 saturated carbocycles. The minimum absolute atomic E-state index is 0.124. The Labute approximate surface area is 146 Å². The van der Waals surface area contributed by atoms with Crippen molar-refractivity contribution < 1.29 is 19.0 Å². The Hall–Kier alpha value is -2.60. The molecule has 1 saturated heterocycles. The molecule has 25 heavy (non-hydrogen) atoms. The fourth-order valence-corrected chi connectivity index (χ4v) is 2.93. The smallest absolute Gasteiger partial charge is 0.321 e. The Morgan fingerprint density at radius 2 is 2.08 bits per heavy atom. The van der Waals surface area contributed by atoms with Crippen molar-refractivity contribution in [2.45, 2.75) is 12.8 Å². The van der Waals surface area contributed by atoms with Gasteiger partial charge in [-0.05, 0) is 43.0 Å². The summed E-state index contributed by atoms with van der Waals surface area (Å²) in [6.07, 6.45) is 1.55. The molecule has 2 N–H and O–H groups in total. The summed E-state index contributed by atoms with van der Waals surface area (Å²) in [4.78, 5) is 14.1. The number of amides is 2. The number of carbonyl (C=O) groups is 1. The van der Waals surface area contributed by atoms with Crippen molar-refractivity contribution in [3.05, 3.63) is 54.3 Å². The molecule has 2 aromatic rings. The maximum Gasteiger partial charge on any atom is 0.321 e. The zero-order valence-electron chi connectivity index (χ0n) is 13.8. The van der Waals surface area contributed by atoms with Gasteiger partial charge in [0.25, 0.3) is 0 Å². The first-order chi connectivity index (χ1) is 12.2. The normalized spacial score (nSPS) is 16.7. The number of nitrogens with one attached hydrogen (secondary N) is 1. The second-order valence-corrected chi connectivity index (χ2v) is 6.10. The van der Waals surface area contributed by atoms with E-state index in [0.717, 1.165) is 6.42 Å². The number of anilines is 1. The van der Waals surface area contributed by atoms with E-state index in [-0.39, 0.29) is 12.6 Å². The lowest BCUT2D eigenvalue weighted by Crippen LogP contribution is -2.33. The number of rotatable bonds is 5. The molecule has 1 aliphatic rings. The Morgan fingerprint density at radius 1 is 1.28 bits per heavy atom. The minimum Gasteiger partial charge on any atom is -0.455 e. The van der Waals surface area contributed by atoms with Crippen LogP contribution in [0.1, 0.15) is 12.8 Å². The standard InChI is InChI=1S/C19H21FN2O3/c20-15-6-7-18(25-16-4-2-1-3-5-16)17(12-15)21-19(24)22-10-8-14(13-22)9-11-23/h1-7,12,14,23H,8-11,13H2,(H,21,24). The summed E-state index contributed by atoms with van der Waals surface area (Å²) < 4.78 is 19.4.